The van der Waals surface area contributed by atoms with Gasteiger partial charge in [0.25, 0.3) is 0 Å². The van der Waals surface area contributed by atoms with Crippen LogP contribution in [0.3, 0.4) is 0 Å². The molecule has 0 aliphatic carbocycles. The van der Waals surface area contributed by atoms with E-state index in [1.165, 1.54) is 7.11 Å². The fraction of sp³-hybridized carbons (Fsp3) is 1.00. The summed E-state index contributed by atoms with van der Waals surface area (Å²) in [5, 5.41) is 27.6. The van der Waals surface area contributed by atoms with Crippen molar-refractivity contribution in [2.75, 3.05) is 20.3 Å². The number of ether oxygens (including phenoxy) is 2. The van der Waals surface area contributed by atoms with E-state index >= 15 is 0 Å². The van der Waals surface area contributed by atoms with Gasteiger partial charge in [-0.25, -0.2) is 0 Å². The molecule has 1 aliphatic heterocycles. The average Bonchev–Trinajstić information content (AvgIpc) is 2.07. The van der Waals surface area contributed by atoms with Crippen LogP contribution in [0, 0.1) is 0 Å². The molecule has 0 aromatic rings. The third-order valence-electron chi connectivity index (χ3n) is 1.94. The van der Waals surface area contributed by atoms with E-state index in [0.29, 0.717) is 0 Å². The van der Waals surface area contributed by atoms with E-state index in [1.54, 1.807) is 0 Å². The first-order valence-electron chi connectivity index (χ1n) is 3.81. The highest BCUT2D eigenvalue weighted by molar-refractivity contribution is 4.86. The molecule has 5 heteroatoms. The first-order chi connectivity index (χ1) is 5.66. The third kappa shape index (κ3) is 1.94. The number of methoxy groups -OCH3 is 1. The summed E-state index contributed by atoms with van der Waals surface area (Å²) in [6.07, 6.45) is -3.77. The topological polar surface area (TPSA) is 79.2 Å². The van der Waals surface area contributed by atoms with Crippen molar-refractivity contribution >= 4 is 0 Å². The van der Waals surface area contributed by atoms with Gasteiger partial charge in [-0.3, -0.25) is 0 Å². The maximum atomic E-state index is 9.32. The zero-order valence-electron chi connectivity index (χ0n) is 6.88. The first-order valence-corrected chi connectivity index (χ1v) is 3.81. The molecule has 1 aliphatic rings. The molecular weight excluding hydrogens is 164 g/mol. The lowest BCUT2D eigenvalue weighted by molar-refractivity contribution is -0.197. The normalized spacial score (nSPS) is 43.0. The predicted molar refractivity (Wildman–Crippen MR) is 39.6 cm³/mol. The number of hydrogen-bond acceptors (Lipinski definition) is 5. The van der Waals surface area contributed by atoms with Gasteiger partial charge in [0.05, 0.1) is 13.2 Å². The van der Waals surface area contributed by atoms with Crippen LogP contribution in [0.25, 0.3) is 0 Å². The molecule has 5 nitrogen and oxygen atoms in total. The van der Waals surface area contributed by atoms with Crippen LogP contribution in [0.5, 0.6) is 0 Å². The van der Waals surface area contributed by atoms with Gasteiger partial charge in [0, 0.05) is 7.11 Å². The molecule has 72 valence electrons. The molecule has 12 heavy (non-hydrogen) atoms. The van der Waals surface area contributed by atoms with E-state index in [2.05, 4.69) is 0 Å². The van der Waals surface area contributed by atoms with Crippen LogP contribution in [0.15, 0.2) is 0 Å². The number of hydrogen-bond donors (Lipinski definition) is 3. The molecule has 1 rings (SSSR count). The summed E-state index contributed by atoms with van der Waals surface area (Å²) in [5.74, 6) is 0. The van der Waals surface area contributed by atoms with Gasteiger partial charge in [-0.2, -0.15) is 0 Å². The second kappa shape index (κ2) is 4.15. The van der Waals surface area contributed by atoms with E-state index in [1.807, 2.05) is 0 Å². The lowest BCUT2D eigenvalue weighted by atomic mass is 10.0. The monoisotopic (exact) mass is 178 g/mol. The zero-order valence-corrected chi connectivity index (χ0v) is 6.88. The molecule has 3 N–H and O–H groups in total. The maximum absolute atomic E-state index is 9.32. The quantitative estimate of drug-likeness (QED) is 0.461. The van der Waals surface area contributed by atoms with Gasteiger partial charge in [-0.15, -0.1) is 0 Å². The van der Waals surface area contributed by atoms with Gasteiger partial charge in [0.15, 0.2) is 0 Å². The summed E-state index contributed by atoms with van der Waals surface area (Å²) in [6, 6.07) is 0. The molecule has 0 saturated carbocycles. The van der Waals surface area contributed by atoms with E-state index in [4.69, 9.17) is 14.6 Å². The van der Waals surface area contributed by atoms with Crippen molar-refractivity contribution in [3.8, 4) is 0 Å². The summed E-state index contributed by atoms with van der Waals surface area (Å²) in [6.45, 7) is 0.247. The highest BCUT2D eigenvalue weighted by Gasteiger charge is 2.37. The molecule has 0 spiro atoms. The van der Waals surface area contributed by atoms with E-state index < -0.39 is 24.4 Å². The van der Waals surface area contributed by atoms with Crippen molar-refractivity contribution in [1.82, 2.24) is 0 Å². The van der Waals surface area contributed by atoms with Crippen LogP contribution in [0.1, 0.15) is 0 Å². The van der Waals surface area contributed by atoms with Gasteiger partial charge in [0.1, 0.15) is 24.4 Å². The van der Waals surface area contributed by atoms with Crippen LogP contribution in [-0.2, 0) is 9.47 Å². The van der Waals surface area contributed by atoms with Crippen LogP contribution >= 0.6 is 0 Å². The van der Waals surface area contributed by atoms with Gasteiger partial charge >= 0.3 is 0 Å². The van der Waals surface area contributed by atoms with Crippen molar-refractivity contribution in [2.24, 2.45) is 0 Å². The van der Waals surface area contributed by atoms with Crippen molar-refractivity contribution in [3.05, 3.63) is 0 Å². The molecule has 0 aromatic carbocycles. The van der Waals surface area contributed by atoms with Gasteiger partial charge in [0.2, 0.25) is 0 Å². The minimum atomic E-state index is -1.14. The Kier molecular flexibility index (Phi) is 3.42. The molecule has 0 unspecified atom stereocenters. The van der Waals surface area contributed by atoms with Gasteiger partial charge < -0.3 is 24.8 Å². The Morgan fingerprint density at radius 1 is 1.33 bits per heavy atom. The Bertz CT molecular complexity index is 140. The van der Waals surface area contributed by atoms with Crippen molar-refractivity contribution in [1.29, 1.82) is 0 Å². The second-order valence-electron chi connectivity index (χ2n) is 2.88. The molecule has 0 aromatic heterocycles. The molecule has 1 heterocycles. The fourth-order valence-electron chi connectivity index (χ4n) is 1.18. The highest BCUT2D eigenvalue weighted by Crippen LogP contribution is 2.15. The third-order valence-corrected chi connectivity index (χ3v) is 1.94. The van der Waals surface area contributed by atoms with Crippen LogP contribution in [0.4, 0.5) is 0 Å². The smallest absolute Gasteiger partial charge is 0.111 e. The average molecular weight is 178 g/mol. The summed E-state index contributed by atoms with van der Waals surface area (Å²) in [5.41, 5.74) is 0. The summed E-state index contributed by atoms with van der Waals surface area (Å²) < 4.78 is 9.79. The SMILES string of the molecule is COC[C@@H]1OC[C@@H](O)[C@H](O)[C@H]1O. The summed E-state index contributed by atoms with van der Waals surface area (Å²) >= 11 is 0. The van der Waals surface area contributed by atoms with Crippen molar-refractivity contribution in [3.63, 3.8) is 0 Å². The molecule has 1 saturated heterocycles. The molecule has 0 amide bonds. The van der Waals surface area contributed by atoms with Crippen LogP contribution < -0.4 is 0 Å². The summed E-state index contributed by atoms with van der Waals surface area (Å²) in [7, 11) is 1.48. The maximum Gasteiger partial charge on any atom is 0.111 e. The van der Waals surface area contributed by atoms with Crippen LogP contribution in [-0.4, -0.2) is 60.1 Å². The van der Waals surface area contributed by atoms with E-state index in [-0.39, 0.29) is 13.2 Å². The van der Waals surface area contributed by atoms with Crippen molar-refractivity contribution in [2.45, 2.75) is 24.4 Å². The Morgan fingerprint density at radius 2 is 2.00 bits per heavy atom. The molecule has 1 fully saturated rings. The lowest BCUT2D eigenvalue weighted by Crippen LogP contribution is -2.54. The van der Waals surface area contributed by atoms with Gasteiger partial charge in [-0.1, -0.05) is 0 Å². The largest absolute Gasteiger partial charge is 0.388 e. The molecule has 0 radical (unpaired) electrons. The first kappa shape index (κ1) is 9.88. The number of aliphatic hydroxyl groups is 3. The minimum Gasteiger partial charge on any atom is -0.388 e. The Morgan fingerprint density at radius 3 is 2.58 bits per heavy atom. The minimum absolute atomic E-state index is 0.0340. The zero-order chi connectivity index (χ0) is 9.14. The number of rotatable bonds is 2. The molecule has 4 atom stereocenters. The Hall–Kier alpha value is -0.200. The van der Waals surface area contributed by atoms with Gasteiger partial charge in [-0.05, 0) is 0 Å². The predicted octanol–water partition coefficient (Wildman–Crippen LogP) is -1.89. The van der Waals surface area contributed by atoms with E-state index in [9.17, 15) is 10.2 Å². The standard InChI is InChI=1S/C7H14O5/c1-11-3-5-7(10)6(9)4(8)2-12-5/h4-10H,2-3H2,1H3/t4-,5+,6+,7+/m1/s1. The highest BCUT2D eigenvalue weighted by atomic mass is 16.6. The number of aliphatic hydroxyl groups excluding tert-OH is 3. The molecule has 0 bridgehead atoms. The second-order valence-corrected chi connectivity index (χ2v) is 2.88. The fourth-order valence-corrected chi connectivity index (χ4v) is 1.18. The van der Waals surface area contributed by atoms with Crippen LogP contribution in [0.2, 0.25) is 0 Å². The van der Waals surface area contributed by atoms with Crippen molar-refractivity contribution < 1.29 is 24.8 Å². The Labute approximate surface area is 70.5 Å². The Balaban J connectivity index is 2.46. The lowest BCUT2D eigenvalue weighted by Gasteiger charge is -2.34. The summed E-state index contributed by atoms with van der Waals surface area (Å²) in [4.78, 5) is 0. The van der Waals surface area contributed by atoms with E-state index in [0.717, 1.165) is 0 Å². The molecular formula is C7H14O5.